The molecule has 2 heterocycles. The van der Waals surface area contributed by atoms with Crippen LogP contribution in [0.25, 0.3) is 0 Å². The highest BCUT2D eigenvalue weighted by atomic mass is 19.1. The number of hydrogen-bond donors (Lipinski definition) is 2. The number of halogens is 1. The topological polar surface area (TPSA) is 112 Å². The summed E-state index contributed by atoms with van der Waals surface area (Å²) in [4.78, 5) is 37.8. The lowest BCUT2D eigenvalue weighted by atomic mass is 10.1. The molecule has 2 saturated heterocycles. The molecule has 2 aliphatic heterocycles. The standard InChI is InChI=1S/C19H25FN4O6/c1-11-7-22(10-16(11)21-18(26)29-3)17-5-4-13(6-15(17)20)23-8-14(30-19(23)27)9-24(28)12(2)25/h4-6,11,14,16,28H,7-10H2,1-3H3,(H,21,26)/t11-,14?,16-/m0/s1. The molecule has 1 unspecified atom stereocenters. The molecule has 2 fully saturated rings. The van der Waals surface area contributed by atoms with Crippen LogP contribution in [0, 0.1) is 11.7 Å². The third-order valence-electron chi connectivity index (χ3n) is 5.30. The van der Waals surface area contributed by atoms with Gasteiger partial charge in [0.05, 0.1) is 37.6 Å². The zero-order chi connectivity index (χ0) is 22.0. The number of ether oxygens (including phenoxy) is 2. The molecule has 0 bridgehead atoms. The van der Waals surface area contributed by atoms with Gasteiger partial charge in [0.15, 0.2) is 0 Å². The van der Waals surface area contributed by atoms with E-state index < -0.39 is 30.0 Å². The molecule has 0 spiro atoms. The number of anilines is 2. The van der Waals surface area contributed by atoms with Crippen molar-refractivity contribution in [3.63, 3.8) is 0 Å². The molecule has 2 aliphatic rings. The van der Waals surface area contributed by atoms with E-state index in [1.54, 1.807) is 12.1 Å². The Morgan fingerprint density at radius 3 is 2.73 bits per heavy atom. The van der Waals surface area contributed by atoms with Gasteiger partial charge in [0, 0.05) is 20.0 Å². The van der Waals surface area contributed by atoms with E-state index in [0.717, 1.165) is 0 Å². The number of rotatable bonds is 5. The number of alkyl carbamates (subject to hydrolysis) is 1. The highest BCUT2D eigenvalue weighted by molar-refractivity contribution is 5.90. The first kappa shape index (κ1) is 21.6. The van der Waals surface area contributed by atoms with Crippen molar-refractivity contribution in [1.29, 1.82) is 0 Å². The maximum Gasteiger partial charge on any atom is 0.414 e. The Morgan fingerprint density at radius 1 is 1.37 bits per heavy atom. The van der Waals surface area contributed by atoms with Crippen LogP contribution >= 0.6 is 0 Å². The van der Waals surface area contributed by atoms with Gasteiger partial charge in [-0.15, -0.1) is 0 Å². The Hall–Kier alpha value is -3.08. The summed E-state index contributed by atoms with van der Waals surface area (Å²) >= 11 is 0. The van der Waals surface area contributed by atoms with Crippen LogP contribution in [0.3, 0.4) is 0 Å². The Morgan fingerprint density at radius 2 is 2.10 bits per heavy atom. The quantitative estimate of drug-likeness (QED) is 0.545. The van der Waals surface area contributed by atoms with Crippen molar-refractivity contribution in [3.8, 4) is 0 Å². The molecule has 0 aliphatic carbocycles. The van der Waals surface area contributed by atoms with Crippen LogP contribution in [0.2, 0.25) is 0 Å². The van der Waals surface area contributed by atoms with Gasteiger partial charge in [-0.3, -0.25) is 14.9 Å². The van der Waals surface area contributed by atoms with Crippen LogP contribution in [0.1, 0.15) is 13.8 Å². The third-order valence-corrected chi connectivity index (χ3v) is 5.30. The molecule has 0 radical (unpaired) electrons. The number of carbonyl (C=O) groups excluding carboxylic acids is 3. The molecule has 11 heteroatoms. The van der Waals surface area contributed by atoms with Crippen LogP contribution < -0.4 is 15.1 Å². The highest BCUT2D eigenvalue weighted by Crippen LogP contribution is 2.31. The normalized spacial score (nSPS) is 23.4. The van der Waals surface area contributed by atoms with E-state index in [4.69, 9.17) is 4.74 Å². The summed E-state index contributed by atoms with van der Waals surface area (Å²) in [5.74, 6) is -0.984. The number of methoxy groups -OCH3 is 1. The molecule has 0 aromatic heterocycles. The Balaban J connectivity index is 1.68. The van der Waals surface area contributed by atoms with Gasteiger partial charge in [-0.1, -0.05) is 6.92 Å². The molecule has 0 saturated carbocycles. The van der Waals surface area contributed by atoms with E-state index in [1.807, 2.05) is 11.8 Å². The number of nitrogens with zero attached hydrogens (tertiary/aromatic N) is 3. The van der Waals surface area contributed by atoms with E-state index in [1.165, 1.54) is 25.0 Å². The van der Waals surface area contributed by atoms with Gasteiger partial charge in [-0.2, -0.15) is 0 Å². The van der Waals surface area contributed by atoms with E-state index in [0.29, 0.717) is 29.5 Å². The maximum absolute atomic E-state index is 14.9. The van der Waals surface area contributed by atoms with Crippen molar-refractivity contribution < 1.29 is 33.5 Å². The summed E-state index contributed by atoms with van der Waals surface area (Å²) in [6.45, 7) is 4.03. The lowest BCUT2D eigenvalue weighted by Gasteiger charge is -2.21. The molecule has 3 amide bonds. The minimum absolute atomic E-state index is 0.0772. The summed E-state index contributed by atoms with van der Waals surface area (Å²) in [5, 5.41) is 12.7. The second-order valence-electron chi connectivity index (χ2n) is 7.48. The van der Waals surface area contributed by atoms with Crippen molar-refractivity contribution in [2.75, 3.05) is 43.1 Å². The van der Waals surface area contributed by atoms with Crippen molar-refractivity contribution in [2.45, 2.75) is 26.0 Å². The van der Waals surface area contributed by atoms with Crippen molar-refractivity contribution in [2.24, 2.45) is 5.92 Å². The molecular weight excluding hydrogens is 399 g/mol. The van der Waals surface area contributed by atoms with Crippen LogP contribution in [-0.4, -0.2) is 73.8 Å². The van der Waals surface area contributed by atoms with Gasteiger partial charge in [-0.05, 0) is 24.1 Å². The number of amides is 3. The first-order valence-corrected chi connectivity index (χ1v) is 9.53. The predicted molar refractivity (Wildman–Crippen MR) is 104 cm³/mol. The number of benzene rings is 1. The summed E-state index contributed by atoms with van der Waals surface area (Å²) in [5.41, 5.74) is 0.675. The molecule has 3 atom stereocenters. The van der Waals surface area contributed by atoms with Gasteiger partial charge in [0.2, 0.25) is 5.91 Å². The number of cyclic esters (lactones) is 1. The predicted octanol–water partition coefficient (Wildman–Crippen LogP) is 1.57. The molecule has 164 valence electrons. The SMILES string of the molecule is COC(=O)N[C@H]1CN(c2ccc(N3CC(CN(O)C(C)=O)OC3=O)cc2F)C[C@@H]1C. The summed E-state index contributed by atoms with van der Waals surface area (Å²) in [6.07, 6.45) is -1.93. The molecule has 30 heavy (non-hydrogen) atoms. The molecule has 3 rings (SSSR count). The average Bonchev–Trinajstić information content (AvgIpc) is 3.23. The van der Waals surface area contributed by atoms with Crippen LogP contribution in [-0.2, 0) is 14.3 Å². The number of hydrogen-bond acceptors (Lipinski definition) is 7. The molecular formula is C19H25FN4O6. The first-order chi connectivity index (χ1) is 14.2. The largest absolute Gasteiger partial charge is 0.453 e. The zero-order valence-electron chi connectivity index (χ0n) is 17.0. The monoisotopic (exact) mass is 424 g/mol. The van der Waals surface area contributed by atoms with E-state index in [9.17, 15) is 24.0 Å². The second kappa shape index (κ2) is 8.74. The summed E-state index contributed by atoms with van der Waals surface area (Å²) in [7, 11) is 1.29. The lowest BCUT2D eigenvalue weighted by molar-refractivity contribution is -0.166. The summed E-state index contributed by atoms with van der Waals surface area (Å²) in [6, 6.07) is 4.25. The van der Waals surface area contributed by atoms with Gasteiger partial charge in [0.1, 0.15) is 11.9 Å². The van der Waals surface area contributed by atoms with Crippen molar-refractivity contribution in [1.82, 2.24) is 10.4 Å². The third kappa shape index (κ3) is 4.56. The highest BCUT2D eigenvalue weighted by Gasteiger charge is 2.35. The number of hydroxylamine groups is 2. The van der Waals surface area contributed by atoms with E-state index in [-0.39, 0.29) is 25.0 Å². The van der Waals surface area contributed by atoms with Gasteiger partial charge in [-0.25, -0.2) is 19.0 Å². The Labute approximate surface area is 173 Å². The van der Waals surface area contributed by atoms with Crippen LogP contribution in [0.5, 0.6) is 0 Å². The second-order valence-corrected chi connectivity index (χ2v) is 7.48. The van der Waals surface area contributed by atoms with Gasteiger partial charge in [0.25, 0.3) is 0 Å². The average molecular weight is 424 g/mol. The Bertz CT molecular complexity index is 837. The van der Waals surface area contributed by atoms with Crippen molar-refractivity contribution in [3.05, 3.63) is 24.0 Å². The smallest absolute Gasteiger partial charge is 0.414 e. The lowest BCUT2D eigenvalue weighted by Crippen LogP contribution is -2.39. The van der Waals surface area contributed by atoms with E-state index >= 15 is 0 Å². The fraction of sp³-hybridized carbons (Fsp3) is 0.526. The molecule has 1 aromatic rings. The van der Waals surface area contributed by atoms with E-state index in [2.05, 4.69) is 10.1 Å². The van der Waals surface area contributed by atoms with Crippen LogP contribution in [0.15, 0.2) is 18.2 Å². The maximum atomic E-state index is 14.9. The summed E-state index contributed by atoms with van der Waals surface area (Å²) < 4.78 is 24.6. The van der Waals surface area contributed by atoms with Crippen LogP contribution in [0.4, 0.5) is 25.4 Å². The molecule has 1 aromatic carbocycles. The fourth-order valence-electron chi connectivity index (χ4n) is 3.63. The molecule has 2 N–H and O–H groups in total. The minimum Gasteiger partial charge on any atom is -0.453 e. The number of carbonyl (C=O) groups is 3. The fourth-order valence-corrected chi connectivity index (χ4v) is 3.63. The first-order valence-electron chi connectivity index (χ1n) is 9.53. The Kier molecular flexibility index (Phi) is 6.30. The van der Waals surface area contributed by atoms with Gasteiger partial charge < -0.3 is 19.7 Å². The minimum atomic E-state index is -0.723. The number of nitrogens with one attached hydrogen (secondary N) is 1. The van der Waals surface area contributed by atoms with Gasteiger partial charge >= 0.3 is 12.2 Å². The molecule has 10 nitrogen and oxygen atoms in total. The van der Waals surface area contributed by atoms with Crippen molar-refractivity contribution >= 4 is 29.5 Å². The zero-order valence-corrected chi connectivity index (χ0v) is 17.0.